The van der Waals surface area contributed by atoms with Gasteiger partial charge < -0.3 is 20.1 Å². The predicted octanol–water partition coefficient (Wildman–Crippen LogP) is 4.30. The summed E-state index contributed by atoms with van der Waals surface area (Å²) >= 11 is 5.90. The van der Waals surface area contributed by atoms with Gasteiger partial charge in [0.2, 0.25) is 11.8 Å². The molecule has 3 aromatic rings. The molecule has 1 aliphatic rings. The summed E-state index contributed by atoms with van der Waals surface area (Å²) in [6.45, 7) is 1.24. The maximum atomic E-state index is 13.2. The number of nitrogens with one attached hydrogen (secondary N) is 2. The lowest BCUT2D eigenvalue weighted by Gasteiger charge is -2.20. The number of ketones is 1. The monoisotopic (exact) mass is 492 g/mol. The van der Waals surface area contributed by atoms with E-state index < -0.39 is 17.6 Å². The fourth-order valence-electron chi connectivity index (χ4n) is 3.71. The molecule has 1 heterocycles. The fraction of sp³-hybridized carbons (Fsp3) is 0.222. The number of Topliss-reactive ketones (excluding diaryl/α,β-unsaturated/α-hetero) is 1. The van der Waals surface area contributed by atoms with Gasteiger partial charge in [-0.05, 0) is 36.2 Å². The standard InChI is InChI=1S/C27H25ClN2O5/c28-20-8-6-18(7-9-20)12-13-29-25(31)17-22(26(32)19-4-2-1-3-5-19)27(33)30-21-10-11-23-24(16-21)35-15-14-34-23/h1-11,16,22H,12-15,17H2,(H,29,31)(H,30,33)/t22-/m1/s1. The van der Waals surface area contributed by atoms with E-state index in [0.717, 1.165) is 5.56 Å². The largest absolute Gasteiger partial charge is 0.486 e. The van der Waals surface area contributed by atoms with Gasteiger partial charge in [-0.25, -0.2) is 0 Å². The van der Waals surface area contributed by atoms with Gasteiger partial charge in [-0.15, -0.1) is 0 Å². The van der Waals surface area contributed by atoms with Gasteiger partial charge in [0.25, 0.3) is 0 Å². The number of carbonyl (C=O) groups is 3. The summed E-state index contributed by atoms with van der Waals surface area (Å²) in [6.07, 6.45) is 0.328. The van der Waals surface area contributed by atoms with Crippen molar-refractivity contribution >= 4 is 34.9 Å². The van der Waals surface area contributed by atoms with Gasteiger partial charge in [-0.1, -0.05) is 54.1 Å². The lowest BCUT2D eigenvalue weighted by Crippen LogP contribution is -2.36. The van der Waals surface area contributed by atoms with Gasteiger partial charge in [0.05, 0.1) is 0 Å². The first kappa shape index (κ1) is 24.3. The summed E-state index contributed by atoms with van der Waals surface area (Å²) in [5, 5.41) is 6.19. The average molecular weight is 493 g/mol. The average Bonchev–Trinajstić information content (AvgIpc) is 2.88. The van der Waals surface area contributed by atoms with Crippen LogP contribution in [0.2, 0.25) is 5.02 Å². The van der Waals surface area contributed by atoms with E-state index in [0.29, 0.717) is 54.0 Å². The molecule has 0 radical (unpaired) electrons. The maximum absolute atomic E-state index is 13.2. The molecule has 0 bridgehead atoms. The SMILES string of the molecule is O=C(C[C@@H](C(=O)Nc1ccc2c(c1)OCCO2)C(=O)c1ccccc1)NCCc1ccc(Cl)cc1. The molecule has 0 unspecified atom stereocenters. The van der Waals surface area contributed by atoms with Crippen LogP contribution in [-0.2, 0) is 16.0 Å². The summed E-state index contributed by atoms with van der Waals surface area (Å²) in [4.78, 5) is 39.0. The Morgan fingerprint density at radius 1 is 0.886 bits per heavy atom. The van der Waals surface area contributed by atoms with Gasteiger partial charge in [0, 0.05) is 35.3 Å². The zero-order valence-electron chi connectivity index (χ0n) is 19.0. The van der Waals surface area contributed by atoms with Crippen LogP contribution in [0.15, 0.2) is 72.8 Å². The third-order valence-corrected chi connectivity index (χ3v) is 5.79. The molecule has 7 nitrogen and oxygen atoms in total. The van der Waals surface area contributed by atoms with Crippen LogP contribution in [-0.4, -0.2) is 37.4 Å². The quantitative estimate of drug-likeness (QED) is 0.343. The molecule has 1 atom stereocenters. The normalized spacial score (nSPS) is 12.9. The highest BCUT2D eigenvalue weighted by atomic mass is 35.5. The number of benzene rings is 3. The van der Waals surface area contributed by atoms with E-state index in [4.69, 9.17) is 21.1 Å². The van der Waals surface area contributed by atoms with E-state index in [-0.39, 0.29) is 12.3 Å². The number of hydrogen-bond acceptors (Lipinski definition) is 5. The molecule has 2 amide bonds. The summed E-state index contributed by atoms with van der Waals surface area (Å²) in [5.41, 5.74) is 1.83. The molecule has 3 aromatic carbocycles. The van der Waals surface area contributed by atoms with Crippen molar-refractivity contribution in [1.82, 2.24) is 5.32 Å². The van der Waals surface area contributed by atoms with E-state index in [1.807, 2.05) is 12.1 Å². The summed E-state index contributed by atoms with van der Waals surface area (Å²) in [7, 11) is 0. The Kier molecular flexibility index (Phi) is 8.00. The predicted molar refractivity (Wildman–Crippen MR) is 133 cm³/mol. The number of carbonyl (C=O) groups excluding carboxylic acids is 3. The lowest BCUT2D eigenvalue weighted by molar-refractivity contribution is -0.126. The zero-order chi connectivity index (χ0) is 24.6. The zero-order valence-corrected chi connectivity index (χ0v) is 19.7. The molecular formula is C27H25ClN2O5. The van der Waals surface area contributed by atoms with Crippen molar-refractivity contribution in [3.63, 3.8) is 0 Å². The molecule has 0 spiro atoms. The van der Waals surface area contributed by atoms with Gasteiger partial charge in [0.1, 0.15) is 19.1 Å². The summed E-state index contributed by atoms with van der Waals surface area (Å²) in [6, 6.07) is 20.8. The Morgan fingerprint density at radius 3 is 2.34 bits per heavy atom. The molecule has 180 valence electrons. The number of ether oxygens (including phenoxy) is 2. The van der Waals surface area contributed by atoms with Crippen molar-refractivity contribution in [2.24, 2.45) is 5.92 Å². The van der Waals surface area contributed by atoms with E-state index in [1.54, 1.807) is 60.7 Å². The third kappa shape index (κ3) is 6.61. The van der Waals surface area contributed by atoms with Gasteiger partial charge in [-0.3, -0.25) is 14.4 Å². The third-order valence-electron chi connectivity index (χ3n) is 5.54. The van der Waals surface area contributed by atoms with Crippen LogP contribution in [0.1, 0.15) is 22.3 Å². The molecule has 8 heteroatoms. The smallest absolute Gasteiger partial charge is 0.235 e. The molecule has 0 aliphatic carbocycles. The van der Waals surface area contributed by atoms with Crippen molar-refractivity contribution in [1.29, 1.82) is 0 Å². The van der Waals surface area contributed by atoms with E-state index in [2.05, 4.69) is 10.6 Å². The Labute approximate surface area is 208 Å². The highest BCUT2D eigenvalue weighted by molar-refractivity contribution is 6.30. The van der Waals surface area contributed by atoms with Crippen LogP contribution in [0.4, 0.5) is 5.69 Å². The molecule has 0 saturated heterocycles. The van der Waals surface area contributed by atoms with Crippen molar-refractivity contribution in [3.05, 3.63) is 88.9 Å². The second kappa shape index (κ2) is 11.5. The Bertz CT molecular complexity index is 1200. The molecule has 1 aliphatic heterocycles. The van der Waals surface area contributed by atoms with Crippen LogP contribution in [0.3, 0.4) is 0 Å². The minimum Gasteiger partial charge on any atom is -0.486 e. The number of anilines is 1. The van der Waals surface area contributed by atoms with Crippen LogP contribution in [0.5, 0.6) is 11.5 Å². The Hall–Kier alpha value is -3.84. The van der Waals surface area contributed by atoms with Gasteiger partial charge >= 0.3 is 0 Å². The number of amides is 2. The second-order valence-corrected chi connectivity index (χ2v) is 8.50. The first-order valence-corrected chi connectivity index (χ1v) is 11.7. The number of hydrogen-bond donors (Lipinski definition) is 2. The molecule has 35 heavy (non-hydrogen) atoms. The Balaban J connectivity index is 1.43. The fourth-order valence-corrected chi connectivity index (χ4v) is 3.84. The van der Waals surface area contributed by atoms with Crippen molar-refractivity contribution in [2.75, 3.05) is 25.1 Å². The first-order chi connectivity index (χ1) is 17.0. The molecule has 0 saturated carbocycles. The highest BCUT2D eigenvalue weighted by Gasteiger charge is 2.30. The number of fused-ring (bicyclic) bond motifs is 1. The lowest BCUT2D eigenvalue weighted by atomic mass is 9.93. The molecule has 0 fully saturated rings. The molecule has 0 aromatic heterocycles. The van der Waals surface area contributed by atoms with E-state index >= 15 is 0 Å². The van der Waals surface area contributed by atoms with Gasteiger partial charge in [0.15, 0.2) is 17.3 Å². The van der Waals surface area contributed by atoms with Crippen molar-refractivity contribution in [2.45, 2.75) is 12.8 Å². The van der Waals surface area contributed by atoms with Crippen LogP contribution in [0.25, 0.3) is 0 Å². The van der Waals surface area contributed by atoms with E-state index in [1.165, 1.54) is 0 Å². The van der Waals surface area contributed by atoms with Crippen molar-refractivity contribution in [3.8, 4) is 11.5 Å². The molecule has 4 rings (SSSR count). The van der Waals surface area contributed by atoms with Gasteiger partial charge in [-0.2, -0.15) is 0 Å². The number of rotatable bonds is 9. The Morgan fingerprint density at radius 2 is 1.60 bits per heavy atom. The first-order valence-electron chi connectivity index (χ1n) is 11.3. The van der Waals surface area contributed by atoms with Crippen LogP contribution < -0.4 is 20.1 Å². The van der Waals surface area contributed by atoms with Crippen LogP contribution >= 0.6 is 11.6 Å². The van der Waals surface area contributed by atoms with Crippen molar-refractivity contribution < 1.29 is 23.9 Å². The maximum Gasteiger partial charge on any atom is 0.235 e. The summed E-state index contributed by atoms with van der Waals surface area (Å²) < 4.78 is 11.1. The highest BCUT2D eigenvalue weighted by Crippen LogP contribution is 2.33. The second-order valence-electron chi connectivity index (χ2n) is 8.06. The molecular weight excluding hydrogens is 468 g/mol. The number of halogens is 1. The van der Waals surface area contributed by atoms with Crippen LogP contribution in [0, 0.1) is 5.92 Å². The minimum atomic E-state index is -1.19. The topological polar surface area (TPSA) is 93.7 Å². The molecule has 2 N–H and O–H groups in total. The van der Waals surface area contributed by atoms with E-state index in [9.17, 15) is 14.4 Å². The minimum absolute atomic E-state index is 0.273. The summed E-state index contributed by atoms with van der Waals surface area (Å²) in [5.74, 6) is -1.46.